The topological polar surface area (TPSA) is 95.8 Å². The van der Waals surface area contributed by atoms with Gasteiger partial charge in [-0.15, -0.1) is 12.3 Å². The Balaban J connectivity index is 1.36. The summed E-state index contributed by atoms with van der Waals surface area (Å²) in [5, 5.41) is 15.6. The number of methoxy groups -OCH3 is 1. The molecule has 0 unspecified atom stereocenters. The highest BCUT2D eigenvalue weighted by Gasteiger charge is 2.46. The van der Waals surface area contributed by atoms with Gasteiger partial charge in [-0.05, 0) is 24.7 Å². The number of nitrogens with zero attached hydrogens (tertiary/aromatic N) is 5. The molecule has 8 heteroatoms. The number of terminal acetylenes is 1. The molecule has 1 N–H and O–H groups in total. The van der Waals surface area contributed by atoms with Crippen molar-refractivity contribution in [2.75, 3.05) is 20.2 Å². The molecule has 144 valence electrons. The summed E-state index contributed by atoms with van der Waals surface area (Å²) < 4.78 is 5.12. The molecule has 27 heavy (non-hydrogen) atoms. The molecule has 2 aliphatic heterocycles. The van der Waals surface area contributed by atoms with E-state index in [2.05, 4.69) is 31.3 Å². The standard InChI is InChI=1S/C19H26N6O2/c1-3-4-8-19(23-24-19)9-7-17(26)25-10-14(13-5-6-13)15(11-25)18-20-16(12-27-2)21-22-18/h1,13-15H,4-12H2,2H3,(H,20,21,22)/t14-,15+/m0/s1. The second kappa shape index (κ2) is 7.39. The molecule has 1 aromatic rings. The maximum absolute atomic E-state index is 12.8. The van der Waals surface area contributed by atoms with Crippen molar-refractivity contribution in [3.05, 3.63) is 11.6 Å². The minimum Gasteiger partial charge on any atom is -0.377 e. The summed E-state index contributed by atoms with van der Waals surface area (Å²) in [4.78, 5) is 19.4. The Morgan fingerprint density at radius 3 is 2.85 bits per heavy atom. The van der Waals surface area contributed by atoms with Crippen molar-refractivity contribution in [2.45, 2.75) is 56.7 Å². The number of aromatic amines is 1. The maximum atomic E-state index is 12.8. The average molecular weight is 370 g/mol. The van der Waals surface area contributed by atoms with E-state index in [1.165, 1.54) is 12.8 Å². The highest BCUT2D eigenvalue weighted by molar-refractivity contribution is 5.76. The lowest BCUT2D eigenvalue weighted by molar-refractivity contribution is -0.130. The van der Waals surface area contributed by atoms with Crippen LogP contribution in [-0.4, -0.2) is 51.9 Å². The molecule has 2 fully saturated rings. The van der Waals surface area contributed by atoms with Gasteiger partial charge in [0.25, 0.3) is 0 Å². The van der Waals surface area contributed by atoms with Crippen molar-refractivity contribution in [2.24, 2.45) is 22.1 Å². The van der Waals surface area contributed by atoms with Gasteiger partial charge >= 0.3 is 0 Å². The second-order valence-electron chi connectivity index (χ2n) is 7.87. The van der Waals surface area contributed by atoms with Gasteiger partial charge in [-0.2, -0.15) is 15.3 Å². The minimum absolute atomic E-state index is 0.174. The zero-order valence-corrected chi connectivity index (χ0v) is 15.7. The van der Waals surface area contributed by atoms with Crippen LogP contribution in [0.2, 0.25) is 0 Å². The molecule has 0 aromatic carbocycles. The molecule has 2 atom stereocenters. The molecule has 1 saturated carbocycles. The fourth-order valence-corrected chi connectivity index (χ4v) is 4.12. The quantitative estimate of drug-likeness (QED) is 0.674. The normalized spacial score (nSPS) is 25.6. The second-order valence-corrected chi connectivity index (χ2v) is 7.87. The number of ether oxygens (including phenoxy) is 1. The minimum atomic E-state index is -0.393. The Morgan fingerprint density at radius 1 is 1.37 bits per heavy atom. The average Bonchev–Trinajstić information content (AvgIpc) is 3.57. The molecule has 1 aliphatic carbocycles. The Bertz CT molecular complexity index is 756. The molecule has 8 nitrogen and oxygen atoms in total. The number of carbonyl (C=O) groups is 1. The molecule has 3 heterocycles. The van der Waals surface area contributed by atoms with E-state index in [1.54, 1.807) is 7.11 Å². The summed E-state index contributed by atoms with van der Waals surface area (Å²) in [6.07, 6.45) is 10.3. The molecule has 3 aliphatic rings. The third-order valence-corrected chi connectivity index (χ3v) is 5.90. The summed E-state index contributed by atoms with van der Waals surface area (Å²) in [5.74, 6) is 5.69. The van der Waals surface area contributed by atoms with Gasteiger partial charge in [0.05, 0.1) is 0 Å². The fourth-order valence-electron chi connectivity index (χ4n) is 4.12. The number of carbonyl (C=O) groups excluding carboxylic acids is 1. The Labute approximate surface area is 159 Å². The van der Waals surface area contributed by atoms with Crippen LogP contribution in [0.15, 0.2) is 10.2 Å². The van der Waals surface area contributed by atoms with E-state index in [-0.39, 0.29) is 11.8 Å². The number of likely N-dealkylation sites (tertiary alicyclic amines) is 1. The van der Waals surface area contributed by atoms with Gasteiger partial charge in [-0.25, -0.2) is 4.98 Å². The highest BCUT2D eigenvalue weighted by Crippen LogP contribution is 2.47. The molecule has 4 rings (SSSR count). The van der Waals surface area contributed by atoms with Gasteiger partial charge in [0.1, 0.15) is 6.61 Å². The summed E-state index contributed by atoms with van der Waals surface area (Å²) in [6.45, 7) is 1.91. The number of amides is 1. The van der Waals surface area contributed by atoms with Crippen molar-refractivity contribution in [3.63, 3.8) is 0 Å². The number of nitrogens with one attached hydrogen (secondary N) is 1. The molecular weight excluding hydrogens is 344 g/mol. The lowest BCUT2D eigenvalue weighted by Crippen LogP contribution is -2.30. The maximum Gasteiger partial charge on any atom is 0.222 e. The largest absolute Gasteiger partial charge is 0.377 e. The highest BCUT2D eigenvalue weighted by atomic mass is 16.5. The zero-order chi connectivity index (χ0) is 18.9. The van der Waals surface area contributed by atoms with E-state index in [1.807, 2.05) is 4.90 Å². The summed E-state index contributed by atoms with van der Waals surface area (Å²) in [5.41, 5.74) is -0.393. The first-order valence-electron chi connectivity index (χ1n) is 9.69. The predicted octanol–water partition coefficient (Wildman–Crippen LogP) is 2.26. The number of hydrogen-bond donors (Lipinski definition) is 1. The van der Waals surface area contributed by atoms with Crippen LogP contribution in [0.4, 0.5) is 0 Å². The van der Waals surface area contributed by atoms with E-state index >= 15 is 0 Å². The molecule has 0 spiro atoms. The fraction of sp³-hybridized carbons (Fsp3) is 0.737. The van der Waals surface area contributed by atoms with Crippen molar-refractivity contribution in [3.8, 4) is 12.3 Å². The SMILES string of the molecule is C#CCCC1(CCC(=O)N2C[C@@H](c3n[nH]c(COC)n3)[C@H](C3CC3)C2)N=N1. The van der Waals surface area contributed by atoms with E-state index in [0.29, 0.717) is 44.2 Å². The molecule has 1 amide bonds. The van der Waals surface area contributed by atoms with Crippen LogP contribution < -0.4 is 0 Å². The van der Waals surface area contributed by atoms with Gasteiger partial charge in [0, 0.05) is 51.8 Å². The third-order valence-electron chi connectivity index (χ3n) is 5.90. The van der Waals surface area contributed by atoms with Crippen LogP contribution in [0.3, 0.4) is 0 Å². The number of H-pyrrole nitrogens is 1. The first-order chi connectivity index (χ1) is 13.1. The van der Waals surface area contributed by atoms with Crippen molar-refractivity contribution in [1.82, 2.24) is 20.1 Å². The Hall–Kier alpha value is -2.27. The number of hydrogen-bond acceptors (Lipinski definition) is 6. The van der Waals surface area contributed by atoms with Crippen LogP contribution >= 0.6 is 0 Å². The Kier molecular flexibility index (Phi) is 4.96. The zero-order valence-electron chi connectivity index (χ0n) is 15.7. The molecule has 1 saturated heterocycles. The number of aromatic nitrogens is 3. The van der Waals surface area contributed by atoms with E-state index < -0.39 is 5.66 Å². The van der Waals surface area contributed by atoms with Crippen LogP contribution in [0, 0.1) is 24.2 Å². The van der Waals surface area contributed by atoms with Crippen LogP contribution in [0.1, 0.15) is 56.1 Å². The number of rotatable bonds is 9. The predicted molar refractivity (Wildman–Crippen MR) is 97.5 cm³/mol. The summed E-state index contributed by atoms with van der Waals surface area (Å²) in [7, 11) is 1.64. The van der Waals surface area contributed by atoms with Crippen LogP contribution in [0.5, 0.6) is 0 Å². The molecule has 0 radical (unpaired) electrons. The van der Waals surface area contributed by atoms with Crippen molar-refractivity contribution < 1.29 is 9.53 Å². The third kappa shape index (κ3) is 4.03. The Morgan fingerprint density at radius 2 is 2.19 bits per heavy atom. The van der Waals surface area contributed by atoms with Gasteiger partial charge in [-0.3, -0.25) is 9.89 Å². The monoisotopic (exact) mass is 370 g/mol. The van der Waals surface area contributed by atoms with Gasteiger partial charge in [-0.1, -0.05) is 0 Å². The summed E-state index contributed by atoms with van der Waals surface area (Å²) >= 11 is 0. The lowest BCUT2D eigenvalue weighted by Gasteiger charge is -2.17. The van der Waals surface area contributed by atoms with Crippen LogP contribution in [0.25, 0.3) is 0 Å². The smallest absolute Gasteiger partial charge is 0.222 e. The van der Waals surface area contributed by atoms with E-state index in [4.69, 9.17) is 11.2 Å². The molecule has 0 bridgehead atoms. The molecule has 1 aromatic heterocycles. The lowest BCUT2D eigenvalue weighted by atomic mass is 9.91. The van der Waals surface area contributed by atoms with Crippen molar-refractivity contribution >= 4 is 5.91 Å². The summed E-state index contributed by atoms with van der Waals surface area (Å²) in [6, 6.07) is 0. The van der Waals surface area contributed by atoms with Gasteiger partial charge in [0.15, 0.2) is 17.3 Å². The molecular formula is C19H26N6O2. The first kappa shape index (κ1) is 18.1. The van der Waals surface area contributed by atoms with Crippen molar-refractivity contribution in [1.29, 1.82) is 0 Å². The van der Waals surface area contributed by atoms with Crippen LogP contribution in [-0.2, 0) is 16.1 Å². The van der Waals surface area contributed by atoms with E-state index in [0.717, 1.165) is 24.6 Å². The van der Waals surface area contributed by atoms with E-state index in [9.17, 15) is 4.79 Å². The van der Waals surface area contributed by atoms with Gasteiger partial charge in [0.2, 0.25) is 5.91 Å². The first-order valence-corrected chi connectivity index (χ1v) is 9.69. The van der Waals surface area contributed by atoms with Gasteiger partial charge < -0.3 is 9.64 Å².